The van der Waals surface area contributed by atoms with Crippen molar-refractivity contribution in [3.05, 3.63) is 42.4 Å². The van der Waals surface area contributed by atoms with Crippen LogP contribution in [0.1, 0.15) is 18.4 Å². The van der Waals surface area contributed by atoms with E-state index in [1.54, 1.807) is 37.4 Å². The highest BCUT2D eigenvalue weighted by atomic mass is 19.1. The highest BCUT2D eigenvalue weighted by molar-refractivity contribution is 5.90. The van der Waals surface area contributed by atoms with Crippen LogP contribution in [-0.4, -0.2) is 21.8 Å². The smallest absolute Gasteiger partial charge is 0.281 e. The molecular weight excluding hydrogens is 263 g/mol. The maximum Gasteiger partial charge on any atom is 0.281 e. The number of rotatable bonds is 3. The Morgan fingerprint density at radius 1 is 1.45 bits per heavy atom. The lowest BCUT2D eigenvalue weighted by molar-refractivity contribution is -0.136. The first kappa shape index (κ1) is 12.8. The summed E-state index contributed by atoms with van der Waals surface area (Å²) in [7, 11) is 0. The van der Waals surface area contributed by atoms with E-state index in [1.165, 1.54) is 11.9 Å². The lowest BCUT2D eigenvalue weighted by Crippen LogP contribution is -2.33. The summed E-state index contributed by atoms with van der Waals surface area (Å²) in [5.74, 6) is -1.38. The Hall–Kier alpha value is -2.21. The molecule has 0 saturated heterocycles. The molecule has 1 aromatic heterocycles. The Bertz CT molecular complexity index is 626. The Morgan fingerprint density at radius 3 is 2.70 bits per heavy atom. The highest BCUT2D eigenvalue weighted by Crippen LogP contribution is 2.60. The number of aromatic nitrogens is 1. The monoisotopic (exact) mass is 276 g/mol. The third-order valence-electron chi connectivity index (χ3n) is 3.94. The summed E-state index contributed by atoms with van der Waals surface area (Å²) in [6.07, 6.45) is 2.93. The van der Waals surface area contributed by atoms with E-state index >= 15 is 0 Å². The minimum absolute atomic E-state index is 0.467. The SMILES string of the molecule is C[C@@H]1[C@@H](c2ccc(-c3cnco3)cc2)[C@]1(F)C(=O)NO. The van der Waals surface area contributed by atoms with Gasteiger partial charge in [0.2, 0.25) is 5.67 Å². The average molecular weight is 276 g/mol. The molecule has 2 N–H and O–H groups in total. The predicted octanol–water partition coefficient (Wildman–Crippen LogP) is 2.29. The molecule has 3 atom stereocenters. The molecule has 1 aliphatic rings. The molecule has 1 aliphatic carbocycles. The zero-order valence-corrected chi connectivity index (χ0v) is 10.7. The first-order chi connectivity index (χ1) is 9.59. The van der Waals surface area contributed by atoms with Gasteiger partial charge in [-0.2, -0.15) is 0 Å². The van der Waals surface area contributed by atoms with Crippen LogP contribution in [0.25, 0.3) is 11.3 Å². The normalized spacial score (nSPS) is 28.1. The maximum atomic E-state index is 14.4. The van der Waals surface area contributed by atoms with Crippen molar-refractivity contribution in [1.29, 1.82) is 0 Å². The Labute approximate surface area is 114 Å². The van der Waals surface area contributed by atoms with Crippen LogP contribution in [0.5, 0.6) is 0 Å². The maximum absolute atomic E-state index is 14.4. The number of hydroxylamine groups is 1. The van der Waals surface area contributed by atoms with Crippen molar-refractivity contribution in [2.75, 3.05) is 0 Å². The molecule has 0 bridgehead atoms. The van der Waals surface area contributed by atoms with Crippen LogP contribution < -0.4 is 5.48 Å². The van der Waals surface area contributed by atoms with Gasteiger partial charge in [-0.3, -0.25) is 10.0 Å². The van der Waals surface area contributed by atoms with Gasteiger partial charge in [0.05, 0.1) is 6.20 Å². The number of amides is 1. The molecule has 0 aliphatic heterocycles. The number of hydrogen-bond acceptors (Lipinski definition) is 4. The molecule has 1 heterocycles. The summed E-state index contributed by atoms with van der Waals surface area (Å²) < 4.78 is 19.6. The lowest BCUT2D eigenvalue weighted by atomic mass is 10.0. The van der Waals surface area contributed by atoms with E-state index in [2.05, 4.69) is 4.98 Å². The van der Waals surface area contributed by atoms with E-state index in [9.17, 15) is 9.18 Å². The Kier molecular flexibility index (Phi) is 2.83. The van der Waals surface area contributed by atoms with E-state index in [0.717, 1.165) is 5.56 Å². The zero-order chi connectivity index (χ0) is 14.3. The molecule has 20 heavy (non-hydrogen) atoms. The molecule has 1 aromatic carbocycles. The third-order valence-corrected chi connectivity index (χ3v) is 3.94. The van der Waals surface area contributed by atoms with Crippen LogP contribution in [0.4, 0.5) is 4.39 Å². The molecule has 1 saturated carbocycles. The standard InChI is InChI=1S/C14H13FN2O3/c1-8-12(14(8,15)13(18)17-19)10-4-2-9(3-5-10)11-6-16-7-20-11/h2-8,12,19H,1H3,(H,17,18)/t8-,12+,14+/m1/s1. The number of nitrogens with zero attached hydrogens (tertiary/aromatic N) is 1. The van der Waals surface area contributed by atoms with Gasteiger partial charge in [0, 0.05) is 17.4 Å². The molecule has 5 nitrogen and oxygen atoms in total. The second kappa shape index (κ2) is 4.42. The quantitative estimate of drug-likeness (QED) is 0.666. The third kappa shape index (κ3) is 1.72. The second-order valence-electron chi connectivity index (χ2n) is 4.96. The second-order valence-corrected chi connectivity index (χ2v) is 4.96. The van der Waals surface area contributed by atoms with Crippen LogP contribution >= 0.6 is 0 Å². The summed E-state index contributed by atoms with van der Waals surface area (Å²) in [6.45, 7) is 1.64. The summed E-state index contributed by atoms with van der Waals surface area (Å²) in [6, 6.07) is 7.09. The molecule has 3 rings (SSSR count). The largest absolute Gasteiger partial charge is 0.444 e. The number of benzene rings is 1. The van der Waals surface area contributed by atoms with Crippen molar-refractivity contribution in [3.63, 3.8) is 0 Å². The van der Waals surface area contributed by atoms with Gasteiger partial charge in [-0.05, 0) is 5.56 Å². The lowest BCUT2D eigenvalue weighted by Gasteiger charge is -2.05. The van der Waals surface area contributed by atoms with Gasteiger partial charge in [-0.25, -0.2) is 14.9 Å². The number of alkyl halides is 1. The van der Waals surface area contributed by atoms with E-state index in [1.807, 2.05) is 0 Å². The Morgan fingerprint density at radius 2 is 2.15 bits per heavy atom. The molecule has 2 aromatic rings. The van der Waals surface area contributed by atoms with Crippen LogP contribution in [0.3, 0.4) is 0 Å². The number of nitrogens with one attached hydrogen (secondary N) is 1. The fourth-order valence-corrected chi connectivity index (χ4v) is 2.70. The van der Waals surface area contributed by atoms with Crippen molar-refractivity contribution in [2.45, 2.75) is 18.5 Å². The molecular formula is C14H13FN2O3. The molecule has 6 heteroatoms. The van der Waals surface area contributed by atoms with Gasteiger partial charge in [0.15, 0.2) is 12.2 Å². The van der Waals surface area contributed by atoms with Crippen molar-refractivity contribution < 1.29 is 18.8 Å². The highest BCUT2D eigenvalue weighted by Gasteiger charge is 2.69. The number of carbonyl (C=O) groups excluding carboxylic acids is 1. The number of carbonyl (C=O) groups is 1. The molecule has 1 amide bonds. The van der Waals surface area contributed by atoms with Gasteiger partial charge >= 0.3 is 0 Å². The number of hydrogen-bond donors (Lipinski definition) is 2. The van der Waals surface area contributed by atoms with Crippen molar-refractivity contribution in [3.8, 4) is 11.3 Å². The fraction of sp³-hybridized carbons (Fsp3) is 0.286. The number of oxazole rings is 1. The summed E-state index contributed by atoms with van der Waals surface area (Å²) >= 11 is 0. The zero-order valence-electron chi connectivity index (χ0n) is 10.7. The fourth-order valence-electron chi connectivity index (χ4n) is 2.70. The van der Waals surface area contributed by atoms with E-state index in [0.29, 0.717) is 11.3 Å². The topological polar surface area (TPSA) is 75.4 Å². The summed E-state index contributed by atoms with van der Waals surface area (Å²) in [5, 5.41) is 8.60. The van der Waals surface area contributed by atoms with Crippen molar-refractivity contribution in [1.82, 2.24) is 10.5 Å². The van der Waals surface area contributed by atoms with Crippen LogP contribution in [0, 0.1) is 5.92 Å². The summed E-state index contributed by atoms with van der Waals surface area (Å²) in [4.78, 5) is 15.2. The van der Waals surface area contributed by atoms with Gasteiger partial charge in [0.1, 0.15) is 0 Å². The Balaban J connectivity index is 1.85. The van der Waals surface area contributed by atoms with E-state index in [-0.39, 0.29) is 0 Å². The average Bonchev–Trinajstić information content (AvgIpc) is 2.89. The minimum atomic E-state index is -2.04. The molecule has 1 fully saturated rings. The molecule has 104 valence electrons. The first-order valence-corrected chi connectivity index (χ1v) is 6.21. The minimum Gasteiger partial charge on any atom is -0.444 e. The van der Waals surface area contributed by atoms with Gasteiger partial charge < -0.3 is 4.42 Å². The van der Waals surface area contributed by atoms with Crippen molar-refractivity contribution >= 4 is 5.91 Å². The van der Waals surface area contributed by atoms with Crippen LogP contribution in [0.2, 0.25) is 0 Å². The van der Waals surface area contributed by atoms with Gasteiger partial charge in [0.25, 0.3) is 5.91 Å². The van der Waals surface area contributed by atoms with E-state index in [4.69, 9.17) is 9.62 Å². The van der Waals surface area contributed by atoms with E-state index < -0.39 is 23.4 Å². The molecule has 0 unspecified atom stereocenters. The summed E-state index contributed by atoms with van der Waals surface area (Å²) in [5.41, 5.74) is 0.899. The van der Waals surface area contributed by atoms with Gasteiger partial charge in [-0.15, -0.1) is 0 Å². The van der Waals surface area contributed by atoms with Gasteiger partial charge in [-0.1, -0.05) is 31.2 Å². The molecule has 0 radical (unpaired) electrons. The van der Waals surface area contributed by atoms with Crippen molar-refractivity contribution in [2.24, 2.45) is 5.92 Å². The first-order valence-electron chi connectivity index (χ1n) is 6.21. The molecule has 0 spiro atoms. The number of halogens is 1. The predicted molar refractivity (Wildman–Crippen MR) is 67.6 cm³/mol. The van der Waals surface area contributed by atoms with Crippen LogP contribution in [0.15, 0.2) is 41.3 Å². The van der Waals surface area contributed by atoms with Crippen LogP contribution in [-0.2, 0) is 4.79 Å².